The molecular weight excluding hydrogens is 435 g/mol. The van der Waals surface area contributed by atoms with Crippen molar-refractivity contribution in [2.45, 2.75) is 19.2 Å². The monoisotopic (exact) mass is 457 g/mol. The summed E-state index contributed by atoms with van der Waals surface area (Å²) in [7, 11) is 1.15. The number of esters is 1. The molecule has 3 aromatic rings. The number of halogens is 3. The van der Waals surface area contributed by atoms with Crippen LogP contribution >= 0.6 is 0 Å². The van der Waals surface area contributed by atoms with Gasteiger partial charge >= 0.3 is 18.2 Å². The maximum absolute atomic E-state index is 12.6. The molecule has 172 valence electrons. The van der Waals surface area contributed by atoms with Gasteiger partial charge in [0, 0.05) is 12.2 Å². The van der Waals surface area contributed by atoms with E-state index in [1.54, 1.807) is 24.3 Å². The highest BCUT2D eigenvalue weighted by atomic mass is 19.4. The first-order chi connectivity index (χ1) is 15.8. The second kappa shape index (κ2) is 10.7. The SMILES string of the molecule is COC(=O)C(=O)N(CCCc1ccccc1)c1ccc(-c2ccc(OC(F)(F)F)cc2)cc1. The van der Waals surface area contributed by atoms with Gasteiger partial charge in [-0.05, 0) is 53.8 Å². The van der Waals surface area contributed by atoms with Crippen molar-refractivity contribution in [3.63, 3.8) is 0 Å². The van der Waals surface area contributed by atoms with Crippen LogP contribution in [0.2, 0.25) is 0 Å². The lowest BCUT2D eigenvalue weighted by Crippen LogP contribution is -2.38. The van der Waals surface area contributed by atoms with Gasteiger partial charge in [-0.15, -0.1) is 13.2 Å². The minimum atomic E-state index is -4.75. The molecule has 0 unspecified atom stereocenters. The lowest BCUT2D eigenvalue weighted by atomic mass is 10.0. The molecule has 3 rings (SSSR count). The fourth-order valence-corrected chi connectivity index (χ4v) is 3.31. The zero-order valence-corrected chi connectivity index (χ0v) is 17.8. The van der Waals surface area contributed by atoms with Crippen LogP contribution in [-0.2, 0) is 20.7 Å². The standard InChI is InChI=1S/C25H22F3NO4/c1-32-24(31)23(30)29(17-5-8-18-6-3-2-4-7-18)21-13-9-19(10-14-21)20-11-15-22(16-12-20)33-25(26,27)28/h2-4,6-7,9-16H,5,8,17H2,1H3. The maximum atomic E-state index is 12.6. The summed E-state index contributed by atoms with van der Waals surface area (Å²) in [6.45, 7) is 0.311. The molecule has 0 radical (unpaired) electrons. The van der Waals surface area contributed by atoms with Crippen LogP contribution in [0, 0.1) is 0 Å². The lowest BCUT2D eigenvalue weighted by Gasteiger charge is -2.22. The summed E-state index contributed by atoms with van der Waals surface area (Å²) in [5, 5.41) is 0. The van der Waals surface area contributed by atoms with E-state index in [-0.39, 0.29) is 5.75 Å². The summed E-state index contributed by atoms with van der Waals surface area (Å²) in [6.07, 6.45) is -3.38. The molecule has 8 heteroatoms. The Morgan fingerprint density at radius 2 is 1.42 bits per heavy atom. The lowest BCUT2D eigenvalue weighted by molar-refractivity contribution is -0.274. The molecule has 0 heterocycles. The highest BCUT2D eigenvalue weighted by molar-refractivity contribution is 6.38. The molecule has 0 saturated heterocycles. The normalized spacial score (nSPS) is 11.0. The Morgan fingerprint density at radius 3 is 1.97 bits per heavy atom. The topological polar surface area (TPSA) is 55.8 Å². The van der Waals surface area contributed by atoms with Gasteiger partial charge in [-0.2, -0.15) is 0 Å². The quantitative estimate of drug-likeness (QED) is 0.353. The third-order valence-electron chi connectivity index (χ3n) is 4.90. The van der Waals surface area contributed by atoms with Crippen molar-refractivity contribution >= 4 is 17.6 Å². The molecule has 0 bridgehead atoms. The van der Waals surface area contributed by atoms with Crippen LogP contribution in [0.3, 0.4) is 0 Å². The minimum absolute atomic E-state index is 0.309. The van der Waals surface area contributed by atoms with E-state index < -0.39 is 18.2 Å². The fourth-order valence-electron chi connectivity index (χ4n) is 3.31. The van der Waals surface area contributed by atoms with Crippen LogP contribution in [0.15, 0.2) is 78.9 Å². The molecule has 0 fully saturated rings. The number of anilines is 1. The van der Waals surface area contributed by atoms with Crippen molar-refractivity contribution in [3.05, 3.63) is 84.4 Å². The number of hydrogen-bond donors (Lipinski definition) is 0. The van der Waals surface area contributed by atoms with Crippen LogP contribution in [-0.4, -0.2) is 31.9 Å². The number of nitrogens with zero attached hydrogens (tertiary/aromatic N) is 1. The molecule has 5 nitrogen and oxygen atoms in total. The minimum Gasteiger partial charge on any atom is -0.462 e. The second-order valence-corrected chi connectivity index (χ2v) is 7.16. The van der Waals surface area contributed by atoms with Crippen molar-refractivity contribution in [1.29, 1.82) is 0 Å². The molecule has 0 aromatic heterocycles. The van der Waals surface area contributed by atoms with E-state index in [1.165, 1.54) is 29.2 Å². The largest absolute Gasteiger partial charge is 0.573 e. The van der Waals surface area contributed by atoms with Crippen molar-refractivity contribution < 1.29 is 32.2 Å². The molecule has 1 amide bonds. The van der Waals surface area contributed by atoms with Crippen LogP contribution < -0.4 is 9.64 Å². The summed E-state index contributed by atoms with van der Waals surface area (Å²) in [5.74, 6) is -2.04. The predicted octanol–water partition coefficient (Wildman–Crippen LogP) is 5.39. The number of benzene rings is 3. The van der Waals surface area contributed by atoms with Gasteiger partial charge in [-0.3, -0.25) is 4.79 Å². The van der Waals surface area contributed by atoms with Crippen molar-refractivity contribution in [1.82, 2.24) is 0 Å². The van der Waals surface area contributed by atoms with E-state index in [0.717, 1.165) is 24.7 Å². The van der Waals surface area contributed by atoms with Gasteiger partial charge in [0.2, 0.25) is 0 Å². The molecule has 0 aliphatic rings. The summed E-state index contributed by atoms with van der Waals surface area (Å²) in [4.78, 5) is 25.8. The summed E-state index contributed by atoms with van der Waals surface area (Å²) < 4.78 is 45.5. The Kier molecular flexibility index (Phi) is 7.71. The third kappa shape index (κ3) is 6.83. The number of alkyl halides is 3. The van der Waals surface area contributed by atoms with Gasteiger partial charge in [-0.25, -0.2) is 4.79 Å². The smallest absolute Gasteiger partial charge is 0.462 e. The van der Waals surface area contributed by atoms with Crippen molar-refractivity contribution in [3.8, 4) is 16.9 Å². The molecule has 3 aromatic carbocycles. The van der Waals surface area contributed by atoms with E-state index in [9.17, 15) is 22.8 Å². The molecule has 0 aliphatic heterocycles. The Bertz CT molecular complexity index is 1070. The zero-order chi connectivity index (χ0) is 23.8. The predicted molar refractivity (Wildman–Crippen MR) is 118 cm³/mol. The molecular formula is C25H22F3NO4. The number of methoxy groups -OCH3 is 1. The van der Waals surface area contributed by atoms with Crippen molar-refractivity contribution in [2.24, 2.45) is 0 Å². The third-order valence-corrected chi connectivity index (χ3v) is 4.90. The first-order valence-electron chi connectivity index (χ1n) is 10.2. The Hall–Kier alpha value is -3.81. The molecule has 33 heavy (non-hydrogen) atoms. The van der Waals surface area contributed by atoms with E-state index in [1.807, 2.05) is 30.3 Å². The van der Waals surface area contributed by atoms with Gasteiger partial charge < -0.3 is 14.4 Å². The van der Waals surface area contributed by atoms with Gasteiger partial charge in [-0.1, -0.05) is 54.6 Å². The average molecular weight is 457 g/mol. The first-order valence-corrected chi connectivity index (χ1v) is 10.2. The molecule has 0 N–H and O–H groups in total. The van der Waals surface area contributed by atoms with E-state index >= 15 is 0 Å². The van der Waals surface area contributed by atoms with E-state index in [2.05, 4.69) is 9.47 Å². The number of amides is 1. The van der Waals surface area contributed by atoms with Crippen LogP contribution in [0.5, 0.6) is 5.75 Å². The van der Waals surface area contributed by atoms with Crippen LogP contribution in [0.4, 0.5) is 18.9 Å². The van der Waals surface area contributed by atoms with Gasteiger partial charge in [0.1, 0.15) is 5.75 Å². The molecule has 0 spiro atoms. The Balaban J connectivity index is 1.74. The van der Waals surface area contributed by atoms with E-state index in [0.29, 0.717) is 24.2 Å². The number of carbonyl (C=O) groups is 2. The fraction of sp³-hybridized carbons (Fsp3) is 0.200. The second-order valence-electron chi connectivity index (χ2n) is 7.16. The summed E-state index contributed by atoms with van der Waals surface area (Å²) in [5.41, 5.74) is 3.04. The van der Waals surface area contributed by atoms with Crippen LogP contribution in [0.1, 0.15) is 12.0 Å². The molecule has 0 saturated carbocycles. The van der Waals surface area contributed by atoms with Gasteiger partial charge in [0.15, 0.2) is 0 Å². The van der Waals surface area contributed by atoms with Gasteiger partial charge in [0.05, 0.1) is 7.11 Å². The number of ether oxygens (including phenoxy) is 2. The molecule has 0 aliphatic carbocycles. The number of aryl methyl sites for hydroxylation is 1. The summed E-state index contributed by atoms with van der Waals surface area (Å²) in [6, 6.07) is 22.1. The maximum Gasteiger partial charge on any atom is 0.573 e. The highest BCUT2D eigenvalue weighted by Gasteiger charge is 2.31. The number of hydrogen-bond acceptors (Lipinski definition) is 4. The zero-order valence-electron chi connectivity index (χ0n) is 17.8. The molecule has 0 atom stereocenters. The van der Waals surface area contributed by atoms with Crippen molar-refractivity contribution in [2.75, 3.05) is 18.6 Å². The average Bonchev–Trinajstić information content (AvgIpc) is 2.81. The Labute approximate surface area is 189 Å². The highest BCUT2D eigenvalue weighted by Crippen LogP contribution is 2.28. The first kappa shape index (κ1) is 23.8. The van der Waals surface area contributed by atoms with Gasteiger partial charge in [0.25, 0.3) is 0 Å². The van der Waals surface area contributed by atoms with Crippen LogP contribution in [0.25, 0.3) is 11.1 Å². The number of carbonyl (C=O) groups excluding carboxylic acids is 2. The number of rotatable bonds is 7. The van der Waals surface area contributed by atoms with E-state index in [4.69, 9.17) is 0 Å². The Morgan fingerprint density at radius 1 is 0.848 bits per heavy atom. The summed E-state index contributed by atoms with van der Waals surface area (Å²) >= 11 is 0.